The quantitative estimate of drug-likeness (QED) is 0.815. The van der Waals surface area contributed by atoms with Crippen LogP contribution in [0.4, 0.5) is 5.82 Å². The van der Waals surface area contributed by atoms with Crippen LogP contribution in [0.25, 0.3) is 6.08 Å². The predicted molar refractivity (Wildman–Crippen MR) is 91.0 cm³/mol. The van der Waals surface area contributed by atoms with Gasteiger partial charge in [0.05, 0.1) is 6.20 Å². The second kappa shape index (κ2) is 7.05. The fraction of sp³-hybridized carbons (Fsp3) is 0.278. The predicted octanol–water partition coefficient (Wildman–Crippen LogP) is 2.15. The maximum Gasteiger partial charge on any atom is 0.246 e. The van der Waals surface area contributed by atoms with Gasteiger partial charge in [-0.2, -0.15) is 0 Å². The topological polar surface area (TPSA) is 49.3 Å². The van der Waals surface area contributed by atoms with E-state index in [1.165, 1.54) is 5.56 Å². The molecule has 2 aromatic rings. The molecule has 3 rings (SSSR count). The van der Waals surface area contributed by atoms with E-state index in [1.54, 1.807) is 24.7 Å². The zero-order valence-corrected chi connectivity index (χ0v) is 13.2. The van der Waals surface area contributed by atoms with Crippen LogP contribution in [0.5, 0.6) is 0 Å². The number of benzene rings is 1. The lowest BCUT2D eigenvalue weighted by Gasteiger charge is -2.34. The van der Waals surface area contributed by atoms with E-state index in [1.807, 2.05) is 35.2 Å². The molecule has 0 bridgehead atoms. The lowest BCUT2D eigenvalue weighted by molar-refractivity contribution is -0.126. The Bertz CT molecular complexity index is 674. The molecule has 2 heterocycles. The molecule has 5 heteroatoms. The third kappa shape index (κ3) is 3.94. The molecule has 1 aromatic heterocycles. The molecule has 0 spiro atoms. The summed E-state index contributed by atoms with van der Waals surface area (Å²) in [5.41, 5.74) is 2.26. The summed E-state index contributed by atoms with van der Waals surface area (Å²) < 4.78 is 0. The molecule has 5 nitrogen and oxygen atoms in total. The van der Waals surface area contributed by atoms with Crippen molar-refractivity contribution in [3.05, 3.63) is 60.1 Å². The summed E-state index contributed by atoms with van der Waals surface area (Å²) in [6, 6.07) is 8.13. The molecule has 0 saturated carbocycles. The van der Waals surface area contributed by atoms with Crippen molar-refractivity contribution < 1.29 is 4.79 Å². The van der Waals surface area contributed by atoms with Crippen molar-refractivity contribution in [2.24, 2.45) is 0 Å². The number of amides is 1. The lowest BCUT2D eigenvalue weighted by Crippen LogP contribution is -2.48. The van der Waals surface area contributed by atoms with Crippen molar-refractivity contribution in [3.63, 3.8) is 0 Å². The Balaban J connectivity index is 1.55. The van der Waals surface area contributed by atoms with Gasteiger partial charge in [0.1, 0.15) is 5.82 Å². The van der Waals surface area contributed by atoms with Crippen LogP contribution in [0.1, 0.15) is 11.1 Å². The molecule has 0 atom stereocenters. The minimum absolute atomic E-state index is 0.0596. The Morgan fingerprint density at radius 1 is 1.09 bits per heavy atom. The number of carbonyl (C=O) groups excluding carboxylic acids is 1. The molecule has 118 valence electrons. The highest BCUT2D eigenvalue weighted by Gasteiger charge is 2.20. The van der Waals surface area contributed by atoms with Gasteiger partial charge in [-0.15, -0.1) is 0 Å². The Labute approximate surface area is 136 Å². The lowest BCUT2D eigenvalue weighted by atomic mass is 10.1. The van der Waals surface area contributed by atoms with Crippen LogP contribution in [-0.2, 0) is 4.79 Å². The summed E-state index contributed by atoms with van der Waals surface area (Å²) in [6.45, 7) is 5.02. The summed E-state index contributed by atoms with van der Waals surface area (Å²) in [7, 11) is 0. The van der Waals surface area contributed by atoms with Crippen LogP contribution >= 0.6 is 0 Å². The molecule has 23 heavy (non-hydrogen) atoms. The number of hydrogen-bond donors (Lipinski definition) is 0. The number of carbonyl (C=O) groups is 1. The van der Waals surface area contributed by atoms with E-state index in [4.69, 9.17) is 0 Å². The number of hydrogen-bond acceptors (Lipinski definition) is 4. The summed E-state index contributed by atoms with van der Waals surface area (Å²) in [4.78, 5) is 24.7. The van der Waals surface area contributed by atoms with Crippen LogP contribution in [0.2, 0.25) is 0 Å². The number of nitrogens with zero attached hydrogens (tertiary/aromatic N) is 4. The van der Waals surface area contributed by atoms with Gasteiger partial charge in [0.25, 0.3) is 0 Å². The van der Waals surface area contributed by atoms with Crippen molar-refractivity contribution in [2.75, 3.05) is 31.1 Å². The van der Waals surface area contributed by atoms with Gasteiger partial charge in [-0.3, -0.25) is 9.78 Å². The van der Waals surface area contributed by atoms with Gasteiger partial charge >= 0.3 is 0 Å². The second-order valence-electron chi connectivity index (χ2n) is 5.62. The number of rotatable bonds is 3. The minimum Gasteiger partial charge on any atom is -0.352 e. The van der Waals surface area contributed by atoms with Gasteiger partial charge < -0.3 is 9.80 Å². The molecular formula is C18H20N4O. The van der Waals surface area contributed by atoms with Gasteiger partial charge in [-0.05, 0) is 18.6 Å². The number of piperazine rings is 1. The van der Waals surface area contributed by atoms with E-state index >= 15 is 0 Å². The smallest absolute Gasteiger partial charge is 0.246 e. The Morgan fingerprint density at radius 2 is 1.83 bits per heavy atom. The largest absolute Gasteiger partial charge is 0.352 e. The molecule has 1 fully saturated rings. The van der Waals surface area contributed by atoms with Crippen LogP contribution in [0.3, 0.4) is 0 Å². The van der Waals surface area contributed by atoms with E-state index in [2.05, 4.69) is 21.8 Å². The van der Waals surface area contributed by atoms with Crippen molar-refractivity contribution in [1.82, 2.24) is 14.9 Å². The Hall–Kier alpha value is -2.69. The highest BCUT2D eigenvalue weighted by molar-refractivity contribution is 5.91. The zero-order chi connectivity index (χ0) is 16.1. The van der Waals surface area contributed by atoms with Gasteiger partial charge in [0.15, 0.2) is 0 Å². The fourth-order valence-electron chi connectivity index (χ4n) is 2.56. The number of anilines is 1. The van der Waals surface area contributed by atoms with Crippen LogP contribution in [0.15, 0.2) is 48.9 Å². The van der Waals surface area contributed by atoms with Gasteiger partial charge in [0, 0.05) is 44.6 Å². The first kappa shape index (κ1) is 15.2. The van der Waals surface area contributed by atoms with Crippen LogP contribution in [0, 0.1) is 6.92 Å². The summed E-state index contributed by atoms with van der Waals surface area (Å²) in [5.74, 6) is 0.930. The molecule has 1 aliphatic heterocycles. The molecule has 1 aromatic carbocycles. The SMILES string of the molecule is Cc1ccc(C=CC(=O)N2CCN(c3cnccn3)CC2)cc1. The van der Waals surface area contributed by atoms with Crippen LogP contribution in [-0.4, -0.2) is 47.0 Å². The highest BCUT2D eigenvalue weighted by Crippen LogP contribution is 2.12. The molecule has 1 amide bonds. The monoisotopic (exact) mass is 308 g/mol. The summed E-state index contributed by atoms with van der Waals surface area (Å²) >= 11 is 0. The molecule has 0 radical (unpaired) electrons. The minimum atomic E-state index is 0.0596. The first-order valence-corrected chi connectivity index (χ1v) is 7.77. The average molecular weight is 308 g/mol. The zero-order valence-electron chi connectivity index (χ0n) is 13.2. The fourth-order valence-corrected chi connectivity index (χ4v) is 2.56. The molecule has 0 unspecified atom stereocenters. The van der Waals surface area contributed by atoms with E-state index in [-0.39, 0.29) is 5.91 Å². The average Bonchev–Trinajstić information content (AvgIpc) is 2.62. The first-order valence-electron chi connectivity index (χ1n) is 7.77. The third-order valence-electron chi connectivity index (χ3n) is 3.96. The number of aromatic nitrogens is 2. The molecule has 1 saturated heterocycles. The first-order chi connectivity index (χ1) is 11.2. The van der Waals surface area contributed by atoms with Gasteiger partial charge in [0.2, 0.25) is 5.91 Å². The van der Waals surface area contributed by atoms with Gasteiger partial charge in [-0.1, -0.05) is 29.8 Å². The van der Waals surface area contributed by atoms with Crippen molar-refractivity contribution in [1.29, 1.82) is 0 Å². The van der Waals surface area contributed by atoms with Crippen molar-refractivity contribution in [2.45, 2.75) is 6.92 Å². The maximum atomic E-state index is 12.3. The van der Waals surface area contributed by atoms with E-state index in [0.29, 0.717) is 13.1 Å². The standard InChI is InChI=1S/C18H20N4O/c1-15-2-4-16(5-3-15)6-7-18(23)22-12-10-21(11-13-22)17-14-19-8-9-20-17/h2-9,14H,10-13H2,1H3. The maximum absolute atomic E-state index is 12.3. The Morgan fingerprint density at radius 3 is 2.48 bits per heavy atom. The van der Waals surface area contributed by atoms with Crippen LogP contribution < -0.4 is 4.90 Å². The van der Waals surface area contributed by atoms with E-state index < -0.39 is 0 Å². The third-order valence-corrected chi connectivity index (χ3v) is 3.96. The molecular weight excluding hydrogens is 288 g/mol. The molecule has 0 N–H and O–H groups in total. The second-order valence-corrected chi connectivity index (χ2v) is 5.62. The van der Waals surface area contributed by atoms with E-state index in [0.717, 1.165) is 24.5 Å². The Kier molecular flexibility index (Phi) is 4.66. The highest BCUT2D eigenvalue weighted by atomic mass is 16.2. The van der Waals surface area contributed by atoms with Gasteiger partial charge in [-0.25, -0.2) is 4.98 Å². The van der Waals surface area contributed by atoms with Crippen molar-refractivity contribution in [3.8, 4) is 0 Å². The molecule has 1 aliphatic rings. The summed E-state index contributed by atoms with van der Waals surface area (Å²) in [5, 5.41) is 0. The number of aryl methyl sites for hydroxylation is 1. The van der Waals surface area contributed by atoms with E-state index in [9.17, 15) is 4.79 Å². The van der Waals surface area contributed by atoms with Crippen molar-refractivity contribution >= 4 is 17.8 Å². The normalized spacial score (nSPS) is 15.2. The molecule has 0 aliphatic carbocycles. The summed E-state index contributed by atoms with van der Waals surface area (Å²) in [6.07, 6.45) is 8.64.